The average Bonchev–Trinajstić information content (AvgIpc) is 2.57. The summed E-state index contributed by atoms with van der Waals surface area (Å²) in [4.78, 5) is 2.32. The van der Waals surface area contributed by atoms with Crippen LogP contribution >= 0.6 is 27.5 Å². The van der Waals surface area contributed by atoms with Gasteiger partial charge in [-0.1, -0.05) is 33.6 Å². The van der Waals surface area contributed by atoms with Gasteiger partial charge in [0.25, 0.3) is 0 Å². The van der Waals surface area contributed by atoms with Gasteiger partial charge in [0.2, 0.25) is 0 Å². The van der Waals surface area contributed by atoms with Crippen LogP contribution in [0.1, 0.15) is 44.3 Å². The highest BCUT2D eigenvalue weighted by Crippen LogP contribution is 2.29. The zero-order valence-corrected chi connectivity index (χ0v) is 14.7. The zero-order chi connectivity index (χ0) is 15.5. The summed E-state index contributed by atoms with van der Waals surface area (Å²) < 4.78 is 0.915. The number of benzene rings is 1. The maximum atomic E-state index is 10.3. The molecule has 0 aliphatic carbocycles. The van der Waals surface area contributed by atoms with E-state index in [1.165, 1.54) is 0 Å². The molecule has 0 aromatic heterocycles. The number of hydrogen-bond acceptors (Lipinski definition) is 3. The SMILES string of the molecule is CC1(O)CCCN(CCC(O)c2ccc(Br)cc2Cl)CC1. The molecule has 1 fully saturated rings. The van der Waals surface area contributed by atoms with E-state index in [9.17, 15) is 10.2 Å². The van der Waals surface area contributed by atoms with E-state index in [2.05, 4.69) is 20.8 Å². The molecule has 2 rings (SSSR count). The molecular formula is C16H23BrClNO2. The van der Waals surface area contributed by atoms with E-state index < -0.39 is 11.7 Å². The molecule has 0 amide bonds. The average molecular weight is 377 g/mol. The summed E-state index contributed by atoms with van der Waals surface area (Å²) in [7, 11) is 0. The largest absolute Gasteiger partial charge is 0.390 e. The van der Waals surface area contributed by atoms with Crippen molar-refractivity contribution in [2.24, 2.45) is 0 Å². The number of halogens is 2. The van der Waals surface area contributed by atoms with Gasteiger partial charge in [-0.2, -0.15) is 0 Å². The standard InChI is InChI=1S/C16H23BrClNO2/c1-16(21)6-2-8-19(10-7-16)9-5-15(20)13-4-3-12(17)11-14(13)18/h3-4,11,15,20-21H,2,5-10H2,1H3. The lowest BCUT2D eigenvalue weighted by atomic mass is 9.98. The number of aliphatic hydroxyl groups is 2. The Balaban J connectivity index is 1.87. The van der Waals surface area contributed by atoms with Gasteiger partial charge in [0.05, 0.1) is 11.7 Å². The number of rotatable bonds is 4. The van der Waals surface area contributed by atoms with Crippen molar-refractivity contribution in [3.05, 3.63) is 33.3 Å². The molecule has 3 nitrogen and oxygen atoms in total. The second kappa shape index (κ2) is 7.42. The van der Waals surface area contributed by atoms with Crippen molar-refractivity contribution < 1.29 is 10.2 Å². The fourth-order valence-corrected chi connectivity index (χ4v) is 3.57. The Hall–Kier alpha value is -0.130. The number of likely N-dealkylation sites (tertiary alicyclic amines) is 1. The van der Waals surface area contributed by atoms with E-state index in [1.807, 2.05) is 25.1 Å². The number of hydrogen-bond donors (Lipinski definition) is 2. The molecular weight excluding hydrogens is 354 g/mol. The van der Waals surface area contributed by atoms with E-state index >= 15 is 0 Å². The molecule has 1 saturated heterocycles. The highest BCUT2D eigenvalue weighted by atomic mass is 79.9. The Bertz CT molecular complexity index is 481. The molecule has 0 bridgehead atoms. The van der Waals surface area contributed by atoms with Gasteiger partial charge < -0.3 is 15.1 Å². The number of nitrogens with zero attached hydrogens (tertiary/aromatic N) is 1. The van der Waals surface area contributed by atoms with E-state index in [0.717, 1.165) is 48.9 Å². The van der Waals surface area contributed by atoms with Crippen molar-refractivity contribution in [3.63, 3.8) is 0 Å². The maximum Gasteiger partial charge on any atom is 0.0816 e. The van der Waals surface area contributed by atoms with Crippen LogP contribution in [0, 0.1) is 0 Å². The van der Waals surface area contributed by atoms with Crippen LogP contribution in [-0.4, -0.2) is 40.3 Å². The van der Waals surface area contributed by atoms with Crippen molar-refractivity contribution in [1.82, 2.24) is 4.90 Å². The quantitative estimate of drug-likeness (QED) is 0.841. The van der Waals surface area contributed by atoms with Gasteiger partial charge >= 0.3 is 0 Å². The van der Waals surface area contributed by atoms with Crippen LogP contribution in [0.5, 0.6) is 0 Å². The van der Waals surface area contributed by atoms with E-state index in [4.69, 9.17) is 11.6 Å². The Morgan fingerprint density at radius 2 is 2.14 bits per heavy atom. The Kier molecular flexibility index (Phi) is 6.09. The molecule has 0 spiro atoms. The Morgan fingerprint density at radius 1 is 1.38 bits per heavy atom. The predicted molar refractivity (Wildman–Crippen MR) is 89.6 cm³/mol. The van der Waals surface area contributed by atoms with Gasteiger partial charge in [-0.15, -0.1) is 0 Å². The normalized spacial score (nSPS) is 25.6. The van der Waals surface area contributed by atoms with Gasteiger partial charge in [0, 0.05) is 22.6 Å². The summed E-state index contributed by atoms with van der Waals surface area (Å²) in [5, 5.41) is 21.0. The second-order valence-electron chi connectivity index (χ2n) is 6.16. The van der Waals surface area contributed by atoms with Gasteiger partial charge in [0.15, 0.2) is 0 Å². The summed E-state index contributed by atoms with van der Waals surface area (Å²) in [6.07, 6.45) is 2.76. The minimum absolute atomic E-state index is 0.539. The van der Waals surface area contributed by atoms with Crippen molar-refractivity contribution in [2.45, 2.75) is 44.3 Å². The van der Waals surface area contributed by atoms with Crippen molar-refractivity contribution in [1.29, 1.82) is 0 Å². The molecule has 2 atom stereocenters. The first-order valence-electron chi connectivity index (χ1n) is 7.45. The monoisotopic (exact) mass is 375 g/mol. The van der Waals surface area contributed by atoms with Crippen molar-refractivity contribution in [2.75, 3.05) is 19.6 Å². The summed E-state index contributed by atoms with van der Waals surface area (Å²) >= 11 is 9.54. The Labute approximate surface area is 140 Å². The molecule has 2 N–H and O–H groups in total. The third-order valence-corrected chi connectivity index (χ3v) is 5.02. The molecule has 1 heterocycles. The molecule has 5 heteroatoms. The summed E-state index contributed by atoms with van der Waals surface area (Å²) in [6, 6.07) is 5.57. The first-order valence-corrected chi connectivity index (χ1v) is 8.62. The molecule has 1 aromatic rings. The summed E-state index contributed by atoms with van der Waals surface area (Å²) in [5.74, 6) is 0. The fraction of sp³-hybridized carbons (Fsp3) is 0.625. The molecule has 118 valence electrons. The molecule has 0 saturated carbocycles. The van der Waals surface area contributed by atoms with Gasteiger partial charge in [-0.05, 0) is 56.8 Å². The third kappa shape index (κ3) is 5.22. The fourth-order valence-electron chi connectivity index (χ4n) is 2.77. The zero-order valence-electron chi connectivity index (χ0n) is 12.4. The smallest absolute Gasteiger partial charge is 0.0816 e. The molecule has 0 radical (unpaired) electrons. The first kappa shape index (κ1) is 17.2. The maximum absolute atomic E-state index is 10.3. The van der Waals surface area contributed by atoms with Gasteiger partial charge in [-0.3, -0.25) is 0 Å². The molecule has 1 aliphatic heterocycles. The minimum Gasteiger partial charge on any atom is -0.390 e. The van der Waals surface area contributed by atoms with Gasteiger partial charge in [-0.25, -0.2) is 0 Å². The second-order valence-corrected chi connectivity index (χ2v) is 7.49. The van der Waals surface area contributed by atoms with Crippen molar-refractivity contribution >= 4 is 27.5 Å². The third-order valence-electron chi connectivity index (χ3n) is 4.20. The summed E-state index contributed by atoms with van der Waals surface area (Å²) in [5.41, 5.74) is 0.240. The summed E-state index contributed by atoms with van der Waals surface area (Å²) in [6.45, 7) is 4.60. The van der Waals surface area contributed by atoms with Crippen LogP contribution in [0.3, 0.4) is 0 Å². The van der Waals surface area contributed by atoms with Crippen LogP contribution in [0.15, 0.2) is 22.7 Å². The lowest BCUT2D eigenvalue weighted by Crippen LogP contribution is -2.29. The molecule has 1 aliphatic rings. The predicted octanol–water partition coefficient (Wildman–Crippen LogP) is 3.76. The Morgan fingerprint density at radius 3 is 2.86 bits per heavy atom. The van der Waals surface area contributed by atoms with Crippen LogP contribution in [0.2, 0.25) is 5.02 Å². The first-order chi connectivity index (χ1) is 9.87. The van der Waals surface area contributed by atoms with Crippen molar-refractivity contribution in [3.8, 4) is 0 Å². The van der Waals surface area contributed by atoms with E-state index in [-0.39, 0.29) is 0 Å². The lowest BCUT2D eigenvalue weighted by molar-refractivity contribution is 0.0441. The van der Waals surface area contributed by atoms with E-state index in [1.54, 1.807) is 0 Å². The van der Waals surface area contributed by atoms with Crippen LogP contribution in [0.25, 0.3) is 0 Å². The molecule has 1 aromatic carbocycles. The van der Waals surface area contributed by atoms with E-state index in [0.29, 0.717) is 11.4 Å². The number of aliphatic hydroxyl groups excluding tert-OH is 1. The van der Waals surface area contributed by atoms with Crippen LogP contribution in [0.4, 0.5) is 0 Å². The van der Waals surface area contributed by atoms with Gasteiger partial charge in [0.1, 0.15) is 0 Å². The topological polar surface area (TPSA) is 43.7 Å². The van der Waals surface area contributed by atoms with Crippen LogP contribution < -0.4 is 0 Å². The lowest BCUT2D eigenvalue weighted by Gasteiger charge is -2.23. The minimum atomic E-state index is -0.547. The highest BCUT2D eigenvalue weighted by Gasteiger charge is 2.25. The van der Waals surface area contributed by atoms with Crippen LogP contribution in [-0.2, 0) is 0 Å². The highest BCUT2D eigenvalue weighted by molar-refractivity contribution is 9.10. The molecule has 21 heavy (non-hydrogen) atoms. The molecule has 2 unspecified atom stereocenters.